The standard InChI is InChI=1S/C31H29N3O4/c1-19-9-14-25-24(17-19)31(22-7-5-4-6-8-22)30(20(2)32-25)26-18-27(21-10-12-23(38-3)13-11-21)34(33-26)28(35)15-16-29(36)37/h4-14,17,27H,15-16,18H2,1-3H3,(H,36,37)/p-1. The molecule has 5 rings (SSSR count). The van der Waals surface area contributed by atoms with Gasteiger partial charge in [0.05, 0.1) is 24.4 Å². The van der Waals surface area contributed by atoms with Crippen molar-refractivity contribution in [2.24, 2.45) is 5.10 Å². The van der Waals surface area contributed by atoms with Crippen LogP contribution in [0.2, 0.25) is 0 Å². The Bertz CT molecular complexity index is 1550. The molecule has 2 heterocycles. The molecule has 0 saturated carbocycles. The van der Waals surface area contributed by atoms with Gasteiger partial charge >= 0.3 is 0 Å². The van der Waals surface area contributed by atoms with Crippen molar-refractivity contribution in [2.45, 2.75) is 39.2 Å². The predicted molar refractivity (Wildman–Crippen MR) is 145 cm³/mol. The average Bonchev–Trinajstić information content (AvgIpc) is 3.37. The van der Waals surface area contributed by atoms with Crippen LogP contribution in [0.5, 0.6) is 5.75 Å². The third kappa shape index (κ3) is 4.87. The number of aryl methyl sites for hydroxylation is 2. The van der Waals surface area contributed by atoms with Crippen molar-refractivity contribution < 1.29 is 19.4 Å². The first-order valence-corrected chi connectivity index (χ1v) is 12.6. The maximum Gasteiger partial charge on any atom is 0.243 e. The average molecular weight is 507 g/mol. The predicted octanol–water partition coefficient (Wildman–Crippen LogP) is 4.74. The third-order valence-electron chi connectivity index (χ3n) is 6.88. The number of fused-ring (bicyclic) bond motifs is 1. The number of hydrazone groups is 1. The van der Waals surface area contributed by atoms with Crippen molar-refractivity contribution in [2.75, 3.05) is 7.11 Å². The summed E-state index contributed by atoms with van der Waals surface area (Å²) in [5.41, 5.74) is 7.40. The number of aromatic nitrogens is 1. The first kappa shape index (κ1) is 25.1. The highest BCUT2D eigenvalue weighted by atomic mass is 16.5. The Labute approximate surface area is 221 Å². The minimum absolute atomic E-state index is 0.189. The number of methoxy groups -OCH3 is 1. The number of rotatable bonds is 7. The normalized spacial score (nSPS) is 15.0. The summed E-state index contributed by atoms with van der Waals surface area (Å²) in [5.74, 6) is -0.924. The van der Waals surface area contributed by atoms with Crippen LogP contribution in [0.3, 0.4) is 0 Å². The largest absolute Gasteiger partial charge is 0.550 e. The monoisotopic (exact) mass is 506 g/mol. The van der Waals surface area contributed by atoms with Crippen LogP contribution in [-0.2, 0) is 9.59 Å². The summed E-state index contributed by atoms with van der Waals surface area (Å²) in [6, 6.07) is 23.5. The molecule has 192 valence electrons. The number of ether oxygens (including phenoxy) is 1. The van der Waals surface area contributed by atoms with Crippen LogP contribution in [0.25, 0.3) is 22.0 Å². The molecule has 1 amide bonds. The number of carbonyl (C=O) groups is 2. The van der Waals surface area contributed by atoms with E-state index in [0.29, 0.717) is 12.2 Å². The molecule has 3 aromatic carbocycles. The van der Waals surface area contributed by atoms with Crippen LogP contribution >= 0.6 is 0 Å². The number of aliphatic carboxylic acids is 1. The minimum Gasteiger partial charge on any atom is -0.550 e. The van der Waals surface area contributed by atoms with E-state index in [1.165, 1.54) is 5.01 Å². The number of carbonyl (C=O) groups excluding carboxylic acids is 2. The van der Waals surface area contributed by atoms with Gasteiger partial charge in [-0.25, -0.2) is 5.01 Å². The summed E-state index contributed by atoms with van der Waals surface area (Å²) >= 11 is 0. The van der Waals surface area contributed by atoms with Gasteiger partial charge in [-0.1, -0.05) is 54.1 Å². The number of hydrogen-bond donors (Lipinski definition) is 0. The van der Waals surface area contributed by atoms with Gasteiger partial charge < -0.3 is 14.6 Å². The van der Waals surface area contributed by atoms with Gasteiger partial charge in [-0.05, 0) is 55.7 Å². The first-order chi connectivity index (χ1) is 18.4. The van der Waals surface area contributed by atoms with Crippen molar-refractivity contribution >= 4 is 28.5 Å². The molecular weight excluding hydrogens is 478 g/mol. The Morgan fingerprint density at radius 2 is 1.71 bits per heavy atom. The third-order valence-corrected chi connectivity index (χ3v) is 6.88. The fraction of sp³-hybridized carbons (Fsp3) is 0.226. The second-order valence-corrected chi connectivity index (χ2v) is 9.48. The van der Waals surface area contributed by atoms with E-state index in [-0.39, 0.29) is 24.8 Å². The van der Waals surface area contributed by atoms with Gasteiger partial charge in [-0.15, -0.1) is 0 Å². The number of hydrogen-bond acceptors (Lipinski definition) is 6. The molecule has 1 atom stereocenters. The second kappa shape index (κ2) is 10.5. The van der Waals surface area contributed by atoms with E-state index in [4.69, 9.17) is 14.8 Å². The molecule has 4 aromatic rings. The molecule has 7 nitrogen and oxygen atoms in total. The van der Waals surface area contributed by atoms with Gasteiger partial charge in [0, 0.05) is 41.0 Å². The summed E-state index contributed by atoms with van der Waals surface area (Å²) in [5, 5.41) is 18.4. The number of carboxylic acid groups (broad SMARTS) is 1. The molecule has 0 bridgehead atoms. The molecule has 1 aliphatic heterocycles. The number of nitrogens with zero attached hydrogens (tertiary/aromatic N) is 3. The maximum absolute atomic E-state index is 13.2. The van der Waals surface area contributed by atoms with E-state index < -0.39 is 5.97 Å². The smallest absolute Gasteiger partial charge is 0.243 e. The van der Waals surface area contributed by atoms with E-state index in [1.54, 1.807) is 7.11 Å². The van der Waals surface area contributed by atoms with Crippen molar-refractivity contribution in [3.8, 4) is 16.9 Å². The highest BCUT2D eigenvalue weighted by Crippen LogP contribution is 2.40. The van der Waals surface area contributed by atoms with Gasteiger partial charge in [0.25, 0.3) is 0 Å². The Balaban J connectivity index is 1.67. The molecule has 0 N–H and O–H groups in total. The fourth-order valence-electron chi connectivity index (χ4n) is 5.06. The lowest BCUT2D eigenvalue weighted by Crippen LogP contribution is -2.29. The van der Waals surface area contributed by atoms with Crippen molar-refractivity contribution in [1.82, 2.24) is 9.99 Å². The Morgan fingerprint density at radius 1 is 0.974 bits per heavy atom. The number of pyridine rings is 1. The molecule has 0 spiro atoms. The SMILES string of the molecule is COc1ccc(C2CC(c3c(C)nc4ccc(C)cc4c3-c3ccccc3)=NN2C(=O)CCC(=O)[O-])cc1. The summed E-state index contributed by atoms with van der Waals surface area (Å²) < 4.78 is 5.30. The van der Waals surface area contributed by atoms with Crippen LogP contribution in [0.4, 0.5) is 0 Å². The summed E-state index contributed by atoms with van der Waals surface area (Å²) in [6.07, 6.45) is -0.0882. The molecule has 1 aliphatic rings. The number of benzene rings is 3. The lowest BCUT2D eigenvalue weighted by molar-refractivity contribution is -0.305. The lowest BCUT2D eigenvalue weighted by Gasteiger charge is -2.22. The van der Waals surface area contributed by atoms with Crippen LogP contribution < -0.4 is 9.84 Å². The fourth-order valence-corrected chi connectivity index (χ4v) is 5.06. The maximum atomic E-state index is 13.2. The molecule has 1 unspecified atom stereocenters. The number of carboxylic acids is 1. The van der Waals surface area contributed by atoms with Crippen LogP contribution in [0.15, 0.2) is 77.9 Å². The Hall–Kier alpha value is -4.52. The van der Waals surface area contributed by atoms with Crippen LogP contribution in [0, 0.1) is 13.8 Å². The van der Waals surface area contributed by atoms with Crippen molar-refractivity contribution in [3.05, 3.63) is 95.2 Å². The molecule has 0 radical (unpaired) electrons. The van der Waals surface area contributed by atoms with Gasteiger partial charge in [0.15, 0.2) is 0 Å². The summed E-state index contributed by atoms with van der Waals surface area (Å²) in [4.78, 5) is 29.2. The topological polar surface area (TPSA) is 94.9 Å². The molecular formula is C31H28N3O4-. The van der Waals surface area contributed by atoms with E-state index in [0.717, 1.165) is 50.1 Å². The lowest BCUT2D eigenvalue weighted by atomic mass is 9.89. The van der Waals surface area contributed by atoms with E-state index >= 15 is 0 Å². The zero-order chi connectivity index (χ0) is 26.8. The molecule has 0 fully saturated rings. The molecule has 1 aromatic heterocycles. The Kier molecular flexibility index (Phi) is 6.92. The van der Waals surface area contributed by atoms with E-state index in [9.17, 15) is 14.7 Å². The summed E-state index contributed by atoms with van der Waals surface area (Å²) in [7, 11) is 1.60. The molecule has 38 heavy (non-hydrogen) atoms. The quantitative estimate of drug-likeness (QED) is 0.361. The zero-order valence-corrected chi connectivity index (χ0v) is 21.6. The highest BCUT2D eigenvalue weighted by Gasteiger charge is 2.35. The van der Waals surface area contributed by atoms with Crippen molar-refractivity contribution in [3.63, 3.8) is 0 Å². The van der Waals surface area contributed by atoms with E-state index in [1.807, 2.05) is 61.5 Å². The second-order valence-electron chi connectivity index (χ2n) is 9.48. The van der Waals surface area contributed by atoms with Crippen LogP contribution in [0.1, 0.15) is 47.7 Å². The van der Waals surface area contributed by atoms with Crippen molar-refractivity contribution in [1.29, 1.82) is 0 Å². The highest BCUT2D eigenvalue weighted by molar-refractivity contribution is 6.14. The minimum atomic E-state index is -1.26. The zero-order valence-electron chi connectivity index (χ0n) is 21.6. The van der Waals surface area contributed by atoms with E-state index in [2.05, 4.69) is 25.1 Å². The number of amides is 1. The molecule has 0 aliphatic carbocycles. The van der Waals surface area contributed by atoms with Gasteiger partial charge in [-0.2, -0.15) is 5.10 Å². The summed E-state index contributed by atoms with van der Waals surface area (Å²) in [6.45, 7) is 4.02. The first-order valence-electron chi connectivity index (χ1n) is 12.6. The molecule has 7 heteroatoms. The Morgan fingerprint density at radius 3 is 2.39 bits per heavy atom. The molecule has 0 saturated heterocycles. The van der Waals surface area contributed by atoms with Crippen LogP contribution in [-0.4, -0.2) is 34.7 Å². The van der Waals surface area contributed by atoms with Gasteiger partial charge in [0.1, 0.15) is 5.75 Å². The van der Waals surface area contributed by atoms with Gasteiger partial charge in [0.2, 0.25) is 5.91 Å². The van der Waals surface area contributed by atoms with Gasteiger partial charge in [-0.3, -0.25) is 9.78 Å².